The third kappa shape index (κ3) is 3.49. The molecule has 0 radical (unpaired) electrons. The first-order valence-electron chi connectivity index (χ1n) is 18.1. The molecule has 2 heterocycles. The van der Waals surface area contributed by atoms with Crippen LogP contribution in [0.3, 0.4) is 0 Å². The molecule has 13 atom stereocenters. The van der Waals surface area contributed by atoms with E-state index in [1.165, 1.54) is 63.1 Å². The molecule has 2 aliphatic heterocycles. The second-order valence-electron chi connectivity index (χ2n) is 18.4. The monoisotopic (exact) mass is 584 g/mol. The van der Waals surface area contributed by atoms with Gasteiger partial charge in [0.15, 0.2) is 8.32 Å². The summed E-state index contributed by atoms with van der Waals surface area (Å²) >= 11 is 0. The SMILES string of the molecule is CC[Si](CC)(CC)O[C@H]1C2OC([C@H]3OC3(C)C)CC(C)C2[C@@]2(C)CCC34C[C@@]35CCC(C)C(C)(C)[C@@H]5CC[C@H]4[C@]12C. The van der Waals surface area contributed by atoms with Crippen molar-refractivity contribution >= 4 is 8.32 Å². The predicted molar refractivity (Wildman–Crippen MR) is 170 cm³/mol. The standard InChI is InChI=1S/C37H64O3Si/c1-12-41(13-2,14-3)40-31-29-28(23(4)21-25(38-29)30-33(8,9)39-30)34(10)19-20-37-22-36(37)18-17-24(5)32(6,7)26(36)15-16-27(37)35(31,34)11/h23-31H,12-22H2,1-11H3/t23?,24?,25?,26-,27-,28?,29?,30+,31-,34+,35+,36+,37?/m0/s1. The first-order valence-corrected chi connectivity index (χ1v) is 20.7. The van der Waals surface area contributed by atoms with Crippen LogP contribution < -0.4 is 0 Å². The maximum atomic E-state index is 7.88. The van der Waals surface area contributed by atoms with Gasteiger partial charge in [0.05, 0.1) is 23.9 Å². The fourth-order valence-corrected chi connectivity index (χ4v) is 16.9. The molecule has 5 saturated carbocycles. The van der Waals surface area contributed by atoms with Crippen LogP contribution in [-0.4, -0.2) is 38.3 Å². The Kier molecular flexibility index (Phi) is 6.45. The summed E-state index contributed by atoms with van der Waals surface area (Å²) in [5.74, 6) is 3.80. The van der Waals surface area contributed by atoms with Crippen LogP contribution in [0, 0.1) is 56.7 Å². The molecule has 2 saturated heterocycles. The van der Waals surface area contributed by atoms with Gasteiger partial charge in [0.1, 0.15) is 6.10 Å². The quantitative estimate of drug-likeness (QED) is 0.230. The third-order valence-corrected chi connectivity index (χ3v) is 21.7. The molecule has 4 heteroatoms. The van der Waals surface area contributed by atoms with E-state index < -0.39 is 8.32 Å². The summed E-state index contributed by atoms with van der Waals surface area (Å²) in [4.78, 5) is 0. The zero-order chi connectivity index (χ0) is 29.6. The Balaban J connectivity index is 1.32. The molecule has 7 rings (SSSR count). The molecule has 7 fully saturated rings. The Morgan fingerprint density at radius 2 is 1.41 bits per heavy atom. The van der Waals surface area contributed by atoms with E-state index in [9.17, 15) is 0 Å². The van der Waals surface area contributed by atoms with Crippen LogP contribution in [0.2, 0.25) is 18.1 Å². The minimum absolute atomic E-state index is 0.0325. The van der Waals surface area contributed by atoms with Crippen LogP contribution in [0.5, 0.6) is 0 Å². The number of ether oxygens (including phenoxy) is 2. The van der Waals surface area contributed by atoms with Crippen LogP contribution in [0.15, 0.2) is 0 Å². The van der Waals surface area contributed by atoms with Crippen LogP contribution in [0.1, 0.15) is 128 Å². The topological polar surface area (TPSA) is 31.0 Å². The van der Waals surface area contributed by atoms with E-state index in [0.29, 0.717) is 28.1 Å². The number of fused-ring (bicyclic) bond motifs is 4. The maximum Gasteiger partial charge on any atom is 0.192 e. The molecule has 0 aromatic carbocycles. The molecule has 0 bridgehead atoms. The van der Waals surface area contributed by atoms with E-state index in [-0.39, 0.29) is 40.8 Å². The molecule has 7 aliphatic rings. The first kappa shape index (κ1) is 29.8. The lowest BCUT2D eigenvalue weighted by Gasteiger charge is -2.64. The Hall–Kier alpha value is 0.0969. The van der Waals surface area contributed by atoms with E-state index in [2.05, 4.69) is 76.2 Å². The average Bonchev–Trinajstić information content (AvgIpc) is 3.78. The van der Waals surface area contributed by atoms with Gasteiger partial charge in [-0.25, -0.2) is 0 Å². The summed E-state index contributed by atoms with van der Waals surface area (Å²) in [6, 6.07) is 3.69. The smallest absolute Gasteiger partial charge is 0.192 e. The molecule has 5 aliphatic carbocycles. The van der Waals surface area contributed by atoms with Gasteiger partial charge in [-0.3, -0.25) is 0 Å². The Labute approximate surface area is 254 Å². The van der Waals surface area contributed by atoms with Crippen molar-refractivity contribution in [1.82, 2.24) is 0 Å². The van der Waals surface area contributed by atoms with Gasteiger partial charge < -0.3 is 13.9 Å². The second kappa shape index (κ2) is 8.88. The first-order chi connectivity index (χ1) is 19.1. The van der Waals surface area contributed by atoms with Crippen molar-refractivity contribution in [2.24, 2.45) is 56.7 Å². The Morgan fingerprint density at radius 1 is 0.805 bits per heavy atom. The van der Waals surface area contributed by atoms with E-state index in [4.69, 9.17) is 13.9 Å². The summed E-state index contributed by atoms with van der Waals surface area (Å²) in [5, 5.41) is 0. The largest absolute Gasteiger partial charge is 0.411 e. The van der Waals surface area contributed by atoms with Gasteiger partial charge in [0.2, 0.25) is 0 Å². The van der Waals surface area contributed by atoms with Crippen molar-refractivity contribution < 1.29 is 13.9 Å². The summed E-state index contributed by atoms with van der Waals surface area (Å²) in [6.45, 7) is 27.7. The normalized spacial score (nSPS) is 56.1. The van der Waals surface area contributed by atoms with Crippen molar-refractivity contribution in [3.63, 3.8) is 0 Å². The zero-order valence-electron chi connectivity index (χ0n) is 28.7. The fraction of sp³-hybridized carbons (Fsp3) is 1.00. The highest BCUT2D eigenvalue weighted by Crippen LogP contribution is 2.89. The molecule has 6 unspecified atom stereocenters. The molecular weight excluding hydrogens is 520 g/mol. The molecular formula is C37H64O3Si. The van der Waals surface area contributed by atoms with Crippen molar-refractivity contribution in [3.05, 3.63) is 0 Å². The predicted octanol–water partition coefficient (Wildman–Crippen LogP) is 9.64. The van der Waals surface area contributed by atoms with Crippen molar-refractivity contribution in [3.8, 4) is 0 Å². The number of hydrogen-bond acceptors (Lipinski definition) is 3. The van der Waals surface area contributed by atoms with Crippen molar-refractivity contribution in [1.29, 1.82) is 0 Å². The van der Waals surface area contributed by atoms with E-state index in [1.807, 2.05) is 0 Å². The molecule has 41 heavy (non-hydrogen) atoms. The molecule has 234 valence electrons. The van der Waals surface area contributed by atoms with E-state index in [0.717, 1.165) is 24.2 Å². The molecule has 2 spiro atoms. The van der Waals surface area contributed by atoms with Gasteiger partial charge in [-0.1, -0.05) is 62.3 Å². The highest BCUT2D eigenvalue weighted by Gasteiger charge is 2.85. The molecule has 3 nitrogen and oxygen atoms in total. The van der Waals surface area contributed by atoms with Crippen LogP contribution in [0.25, 0.3) is 0 Å². The highest BCUT2D eigenvalue weighted by molar-refractivity contribution is 6.73. The van der Waals surface area contributed by atoms with Crippen molar-refractivity contribution in [2.45, 2.75) is 176 Å². The number of epoxide rings is 1. The van der Waals surface area contributed by atoms with Gasteiger partial charge in [-0.05, 0) is 135 Å². The van der Waals surface area contributed by atoms with Gasteiger partial charge in [-0.15, -0.1) is 0 Å². The van der Waals surface area contributed by atoms with Crippen LogP contribution in [-0.2, 0) is 13.9 Å². The van der Waals surface area contributed by atoms with E-state index >= 15 is 0 Å². The zero-order valence-corrected chi connectivity index (χ0v) is 29.7. The molecule has 0 aromatic rings. The second-order valence-corrected chi connectivity index (χ2v) is 23.2. The fourth-order valence-electron chi connectivity index (χ4n) is 14.0. The molecule has 0 aromatic heterocycles. The highest BCUT2D eigenvalue weighted by atomic mass is 28.4. The summed E-state index contributed by atoms with van der Waals surface area (Å²) in [6.07, 6.45) is 12.2. The lowest BCUT2D eigenvalue weighted by Crippen LogP contribution is -2.60. The minimum atomic E-state index is -1.85. The van der Waals surface area contributed by atoms with Gasteiger partial charge >= 0.3 is 0 Å². The van der Waals surface area contributed by atoms with E-state index in [1.54, 1.807) is 0 Å². The number of hydrogen-bond donors (Lipinski definition) is 0. The Morgan fingerprint density at radius 3 is 2.02 bits per heavy atom. The number of rotatable bonds is 6. The minimum Gasteiger partial charge on any atom is -0.411 e. The molecule has 0 amide bonds. The summed E-state index contributed by atoms with van der Waals surface area (Å²) < 4.78 is 21.5. The maximum absolute atomic E-state index is 7.88. The summed E-state index contributed by atoms with van der Waals surface area (Å²) in [7, 11) is -1.85. The lowest BCUT2D eigenvalue weighted by molar-refractivity contribution is -0.172. The lowest BCUT2D eigenvalue weighted by atomic mass is 9.41. The average molecular weight is 585 g/mol. The Bertz CT molecular complexity index is 1060. The van der Waals surface area contributed by atoms with Gasteiger partial charge in [0.25, 0.3) is 0 Å². The molecule has 0 N–H and O–H groups in total. The van der Waals surface area contributed by atoms with Crippen LogP contribution in [0.4, 0.5) is 0 Å². The summed E-state index contributed by atoms with van der Waals surface area (Å²) in [5.41, 5.74) is 2.06. The third-order valence-electron chi connectivity index (χ3n) is 17.0. The van der Waals surface area contributed by atoms with Crippen LogP contribution >= 0.6 is 0 Å². The van der Waals surface area contributed by atoms with Crippen molar-refractivity contribution in [2.75, 3.05) is 0 Å². The van der Waals surface area contributed by atoms with Gasteiger partial charge in [0, 0.05) is 5.41 Å². The van der Waals surface area contributed by atoms with Gasteiger partial charge in [-0.2, -0.15) is 0 Å².